The van der Waals surface area contributed by atoms with Gasteiger partial charge in [-0.15, -0.1) is 0 Å². The van der Waals surface area contributed by atoms with Crippen molar-refractivity contribution >= 4 is 35.7 Å². The summed E-state index contributed by atoms with van der Waals surface area (Å²) in [6, 6.07) is 0. The van der Waals surface area contributed by atoms with Crippen LogP contribution < -0.4 is 66.5 Å². The summed E-state index contributed by atoms with van der Waals surface area (Å²) in [5, 5.41) is 0. The van der Waals surface area contributed by atoms with Gasteiger partial charge in [-0.1, -0.05) is 0 Å². The second-order valence-corrected chi connectivity index (χ2v) is 8.87. The molecule has 0 bridgehead atoms. The van der Waals surface area contributed by atoms with Gasteiger partial charge in [0.25, 0.3) is 0 Å². The Labute approximate surface area is 140 Å². The number of halogens is 2. The fraction of sp³-hybridized carbons (Fsp3) is 0.250. The van der Waals surface area contributed by atoms with Gasteiger partial charge in [0.15, 0.2) is 0 Å². The quantitative estimate of drug-likeness (QED) is 0.208. The van der Waals surface area contributed by atoms with Crippen LogP contribution in [0.2, 0.25) is 0 Å². The molecule has 0 aliphatic carbocycles. The molecular weight excluding hydrogens is 564 g/mol. The number of aryl methyl sites for hydroxylation is 2. The summed E-state index contributed by atoms with van der Waals surface area (Å²) in [6.45, 7) is 0. The van der Waals surface area contributed by atoms with Crippen molar-refractivity contribution in [2.75, 3.05) is 0 Å². The molecule has 0 aliphatic heterocycles. The number of nitrogens with zero attached hydrogens (tertiary/aromatic N) is 2. The number of imidazole rings is 2. The largest absolute Gasteiger partial charge is 1.00 e. The molecule has 0 unspecified atom stereocenters. The average Bonchev–Trinajstić information content (AvgIpc) is 2.72. The molecule has 0 atom stereocenters. The summed E-state index contributed by atoms with van der Waals surface area (Å²) in [6.07, 6.45) is 8.09. The third-order valence-electron chi connectivity index (χ3n) is 1.85. The molecule has 0 radical (unpaired) electrons. The third kappa shape index (κ3) is 4.30. The predicted octanol–water partition coefficient (Wildman–Crippen LogP) is -8.73. The number of rotatable bonds is 3. The van der Waals surface area contributed by atoms with E-state index < -0.39 is 0 Å². The second-order valence-electron chi connectivity index (χ2n) is 2.92. The van der Waals surface area contributed by atoms with Gasteiger partial charge in [0.05, 0.1) is 0 Å². The molecule has 2 aromatic heterocycles. The normalized spacial score (nSPS) is 9.38. The molecule has 8 heteroatoms. The number of hydrogen-bond donors (Lipinski definition) is 2. The van der Waals surface area contributed by atoms with Gasteiger partial charge in [-0.3, -0.25) is 0 Å². The van der Waals surface area contributed by atoms with E-state index in [4.69, 9.17) is 0 Å². The van der Waals surface area contributed by atoms with Crippen LogP contribution in [0, 0.1) is 0 Å². The maximum absolute atomic E-state index is 3.27. The molecule has 0 amide bonds. The smallest absolute Gasteiger partial charge is 1.00 e. The van der Waals surface area contributed by atoms with Crippen molar-refractivity contribution in [3.8, 4) is 0 Å². The average molecular weight is 576 g/mol. The van der Waals surface area contributed by atoms with E-state index in [0.29, 0.717) is 26.3 Å². The Morgan fingerprint density at radius 2 is 1.25 bits per heavy atom. The molecule has 2 rings (SSSR count). The maximum atomic E-state index is 3.27. The summed E-state index contributed by atoms with van der Waals surface area (Å²) < 4.78 is 6.99. The van der Waals surface area contributed by atoms with Crippen LogP contribution in [0.1, 0.15) is 0 Å². The zero-order valence-electron chi connectivity index (χ0n) is 8.78. The minimum Gasteiger partial charge on any atom is -1.00 e. The van der Waals surface area contributed by atoms with Crippen molar-refractivity contribution < 1.29 is 57.1 Å². The van der Waals surface area contributed by atoms with E-state index in [1.165, 1.54) is 9.45 Å². The Hall–Kier alpha value is 0.919. The first-order valence-electron chi connectivity index (χ1n) is 4.18. The van der Waals surface area contributed by atoms with Crippen molar-refractivity contribution in [3.63, 3.8) is 0 Å². The van der Waals surface area contributed by atoms with Crippen molar-refractivity contribution in [2.24, 2.45) is 14.1 Å². The molecule has 0 spiro atoms. The first kappa shape index (κ1) is 16.9. The number of aromatic nitrogens is 4. The van der Waals surface area contributed by atoms with Crippen LogP contribution in [0.4, 0.5) is 0 Å². The second kappa shape index (κ2) is 8.10. The Morgan fingerprint density at radius 1 is 0.875 bits per heavy atom. The topological polar surface area (TPSA) is 39.3 Å². The molecule has 2 aromatic rings. The molecule has 2 N–H and O–H groups in total. The van der Waals surface area contributed by atoms with Crippen LogP contribution in [-0.2, 0) is 14.1 Å². The molecule has 0 aliphatic rings. The summed E-state index contributed by atoms with van der Waals surface area (Å²) in [5.41, 5.74) is 0. The predicted molar refractivity (Wildman–Crippen MR) is 54.7 cm³/mol. The molecular formula is C8H12I2N4Se2. The van der Waals surface area contributed by atoms with Gasteiger partial charge < -0.3 is 48.0 Å². The van der Waals surface area contributed by atoms with Gasteiger partial charge in [-0.05, 0) is 0 Å². The molecule has 2 heterocycles. The number of nitrogens with one attached hydrogen (secondary N) is 2. The molecule has 4 nitrogen and oxygen atoms in total. The Kier molecular flexibility index (Phi) is 8.56. The van der Waals surface area contributed by atoms with E-state index in [-0.39, 0.29) is 48.0 Å². The molecule has 16 heavy (non-hydrogen) atoms. The summed E-state index contributed by atoms with van der Waals surface area (Å²) in [7, 11) is 4.16. The Balaban J connectivity index is 0.00000112. The minimum atomic E-state index is 0. The van der Waals surface area contributed by atoms with Crippen LogP contribution in [-0.4, -0.2) is 36.2 Å². The number of hydrogen-bond acceptors (Lipinski definition) is 0. The third-order valence-corrected chi connectivity index (χ3v) is 8.74. The maximum Gasteiger partial charge on any atom is -1.00 e. The van der Waals surface area contributed by atoms with Crippen LogP contribution in [0.15, 0.2) is 24.8 Å². The van der Waals surface area contributed by atoms with Gasteiger partial charge >= 0.3 is 93.7 Å². The van der Waals surface area contributed by atoms with Crippen molar-refractivity contribution in [2.45, 2.75) is 0 Å². The summed E-state index contributed by atoms with van der Waals surface area (Å²) >= 11 is 1.04. The van der Waals surface area contributed by atoms with Gasteiger partial charge in [-0.2, -0.15) is 0 Å². The van der Waals surface area contributed by atoms with E-state index in [9.17, 15) is 0 Å². The fourth-order valence-electron chi connectivity index (χ4n) is 1.02. The van der Waals surface area contributed by atoms with Gasteiger partial charge in [-0.25, -0.2) is 0 Å². The summed E-state index contributed by atoms with van der Waals surface area (Å²) in [4.78, 5) is 6.54. The zero-order chi connectivity index (χ0) is 9.97. The van der Waals surface area contributed by atoms with Crippen LogP contribution in [0.3, 0.4) is 0 Å². The van der Waals surface area contributed by atoms with Crippen LogP contribution in [0.25, 0.3) is 0 Å². The van der Waals surface area contributed by atoms with Gasteiger partial charge in [0, 0.05) is 0 Å². The summed E-state index contributed by atoms with van der Waals surface area (Å²) in [5.74, 6) is 0. The van der Waals surface area contributed by atoms with Gasteiger partial charge in [0.2, 0.25) is 0 Å². The Bertz CT molecular complexity index is 389. The standard InChI is InChI=1S/C8H10N4Se2.2HI/c1-11-5-3-9-7(11)13-14-8-10-4-6-12(8)2;;/h3-6H,1-2H3;2*1H. The molecule has 90 valence electrons. The molecule has 0 aromatic carbocycles. The molecule has 0 saturated carbocycles. The minimum absolute atomic E-state index is 0. The Morgan fingerprint density at radius 3 is 1.50 bits per heavy atom. The number of H-pyrrole nitrogens is 2. The first-order valence-corrected chi connectivity index (χ1v) is 10.2. The van der Waals surface area contributed by atoms with E-state index in [0.717, 1.165) is 0 Å². The zero-order valence-corrected chi connectivity index (χ0v) is 16.5. The van der Waals surface area contributed by atoms with Crippen LogP contribution >= 0.6 is 0 Å². The van der Waals surface area contributed by atoms with Crippen molar-refractivity contribution in [1.29, 1.82) is 0 Å². The number of aromatic amines is 2. The van der Waals surface area contributed by atoms with Crippen molar-refractivity contribution in [1.82, 2.24) is 9.97 Å². The monoisotopic (exact) mass is 578 g/mol. The molecule has 0 fully saturated rings. The van der Waals surface area contributed by atoms with E-state index in [1.54, 1.807) is 0 Å². The van der Waals surface area contributed by atoms with E-state index in [2.05, 4.69) is 45.6 Å². The first-order chi connectivity index (χ1) is 6.77. The van der Waals surface area contributed by atoms with Crippen LogP contribution in [0.5, 0.6) is 0 Å². The SMILES string of the molecule is C[n+]1cc[nH]c1[Se][Se]c1[nH]cc[n+]1C.[I-].[I-]. The van der Waals surface area contributed by atoms with Gasteiger partial charge in [0.1, 0.15) is 0 Å². The van der Waals surface area contributed by atoms with E-state index >= 15 is 0 Å². The van der Waals surface area contributed by atoms with Crippen molar-refractivity contribution in [3.05, 3.63) is 24.8 Å². The van der Waals surface area contributed by atoms with E-state index in [1.807, 2.05) is 12.4 Å². The molecule has 0 saturated heterocycles. The fourth-order valence-corrected chi connectivity index (χ4v) is 7.93.